The average molecular weight is 829 g/mol. The van der Waals surface area contributed by atoms with E-state index in [9.17, 15) is 24.6 Å². The number of likely N-dealkylation sites (N-methyl/N-ethyl adjacent to an activating group) is 1. The van der Waals surface area contributed by atoms with Crippen molar-refractivity contribution < 1.29 is 29.3 Å². The summed E-state index contributed by atoms with van der Waals surface area (Å²) >= 11 is 1.37. The summed E-state index contributed by atoms with van der Waals surface area (Å²) in [6.07, 6.45) is 7.84. The number of rotatable bonds is 26. The number of unbranched alkanes of at least 4 members (excludes halogenated alkanes) is 3. The van der Waals surface area contributed by atoms with E-state index in [0.717, 1.165) is 69.2 Å². The van der Waals surface area contributed by atoms with Crippen molar-refractivity contribution in [2.75, 3.05) is 39.1 Å². The second-order valence-corrected chi connectivity index (χ2v) is 18.3. The van der Waals surface area contributed by atoms with Crippen LogP contribution >= 0.6 is 11.3 Å². The zero-order valence-corrected chi connectivity index (χ0v) is 38.0. The topological polar surface area (TPSA) is 156 Å². The summed E-state index contributed by atoms with van der Waals surface area (Å²) in [5.74, 6) is -1.19. The molecule has 1 fully saturated rings. The summed E-state index contributed by atoms with van der Waals surface area (Å²) in [6.45, 7) is 17.9. The number of carboxylic acids is 1. The minimum absolute atomic E-state index is 0.00216. The van der Waals surface area contributed by atoms with Gasteiger partial charge in [0.15, 0.2) is 0 Å². The average Bonchev–Trinajstić information content (AvgIpc) is 3.69. The van der Waals surface area contributed by atoms with Crippen LogP contribution in [0.2, 0.25) is 0 Å². The first-order valence-electron chi connectivity index (χ1n) is 21.9. The number of nitrogens with one attached hydrogen (secondary N) is 3. The number of hydrogen-bond donors (Lipinski definition) is 5. The van der Waals surface area contributed by atoms with Gasteiger partial charge < -0.3 is 30.5 Å². The normalized spacial score (nSPS) is 18.2. The summed E-state index contributed by atoms with van der Waals surface area (Å²) in [5, 5.41) is 33.5. The van der Waals surface area contributed by atoms with Crippen LogP contribution in [0.15, 0.2) is 29.6 Å². The van der Waals surface area contributed by atoms with Gasteiger partial charge in [0.1, 0.15) is 23.0 Å². The van der Waals surface area contributed by atoms with Crippen LogP contribution in [-0.2, 0) is 20.7 Å². The Morgan fingerprint density at radius 2 is 1.78 bits per heavy atom. The van der Waals surface area contributed by atoms with Gasteiger partial charge in [-0.2, -0.15) is 0 Å². The number of likely N-dealkylation sites (tertiary alicyclic amines) is 1. The molecule has 328 valence electrons. The van der Waals surface area contributed by atoms with Crippen LogP contribution in [0, 0.1) is 17.3 Å². The molecular formula is C45H76N6O6S. The highest BCUT2D eigenvalue weighted by Crippen LogP contribution is 2.32. The number of hydrogen-bond acceptors (Lipinski definition) is 10. The number of carbonyl (C=O) groups is 3. The SMILES string of the molecule is CCCCCCN(C(=O)[C@@H](NC(O)[C@H]1CCCCN1C)[C@@H](C)CC)[C@H](C[C@@H](OCC)c1nc(C(=O)N[C@@H](Cc2ccc(NC)cc2)CC(C)(C)C(=O)O)cs1)C(C)C. The molecule has 1 aromatic heterocycles. The van der Waals surface area contributed by atoms with E-state index in [1.807, 2.05) is 50.2 Å². The first-order chi connectivity index (χ1) is 27.6. The maximum atomic E-state index is 14.9. The van der Waals surface area contributed by atoms with Gasteiger partial charge in [0.05, 0.1) is 11.5 Å². The van der Waals surface area contributed by atoms with Crippen LogP contribution < -0.4 is 16.0 Å². The van der Waals surface area contributed by atoms with E-state index < -0.39 is 35.8 Å². The number of aromatic nitrogens is 1. The van der Waals surface area contributed by atoms with Crippen molar-refractivity contribution in [2.24, 2.45) is 17.3 Å². The van der Waals surface area contributed by atoms with Gasteiger partial charge >= 0.3 is 5.97 Å². The second kappa shape index (κ2) is 24.2. The van der Waals surface area contributed by atoms with Gasteiger partial charge in [0, 0.05) is 55.8 Å². The maximum Gasteiger partial charge on any atom is 0.309 e. The Kier molecular flexibility index (Phi) is 20.6. The van der Waals surface area contributed by atoms with E-state index in [1.165, 1.54) is 11.3 Å². The summed E-state index contributed by atoms with van der Waals surface area (Å²) in [5.41, 5.74) is 1.14. The highest BCUT2D eigenvalue weighted by atomic mass is 32.1. The standard InChI is InChI=1S/C45H76N6O6S/c1-11-14-15-17-25-51(43(54)39(31(6)12-2)49-41(53)36-19-16-18-24-50(36)10)37(30(4)5)27-38(57-13-3)42-48-35(29-58-42)40(52)47-34(28-45(7,8)44(55)56)26-32-20-22-33(46-9)23-21-32/h20-23,29-31,34,36-39,41,46,49,53H,11-19,24-28H2,1-10H3,(H,47,52)(H,55,56)/t31-,34-,36+,37+,38+,39-,41?/m0/s1. The number of piperidine rings is 1. The largest absolute Gasteiger partial charge is 0.481 e. The number of benzene rings is 1. The highest BCUT2D eigenvalue weighted by Gasteiger charge is 2.38. The molecule has 2 aromatic rings. The molecule has 58 heavy (non-hydrogen) atoms. The molecule has 3 rings (SSSR count). The molecule has 2 heterocycles. The third-order valence-electron chi connectivity index (χ3n) is 12.0. The molecule has 12 nitrogen and oxygen atoms in total. The Morgan fingerprint density at radius 1 is 1.07 bits per heavy atom. The summed E-state index contributed by atoms with van der Waals surface area (Å²) in [4.78, 5) is 50.0. The number of ether oxygens (including phenoxy) is 1. The third kappa shape index (κ3) is 14.6. The number of thiazole rings is 1. The number of aliphatic hydroxyl groups excluding tert-OH is 1. The number of carboxylic acid groups (broad SMARTS) is 1. The van der Waals surface area contributed by atoms with E-state index in [0.29, 0.717) is 31.0 Å². The Morgan fingerprint density at radius 3 is 2.36 bits per heavy atom. The van der Waals surface area contributed by atoms with Crippen molar-refractivity contribution in [1.82, 2.24) is 25.4 Å². The van der Waals surface area contributed by atoms with Gasteiger partial charge in [-0.3, -0.25) is 24.6 Å². The van der Waals surface area contributed by atoms with Crippen LogP contribution in [0.4, 0.5) is 5.69 Å². The molecule has 1 aliphatic rings. The summed E-state index contributed by atoms with van der Waals surface area (Å²) < 4.78 is 6.38. The molecule has 1 aliphatic heterocycles. The highest BCUT2D eigenvalue weighted by molar-refractivity contribution is 7.09. The van der Waals surface area contributed by atoms with Crippen molar-refractivity contribution >= 4 is 34.8 Å². The van der Waals surface area contributed by atoms with Crippen LogP contribution in [0.3, 0.4) is 0 Å². The number of amides is 2. The summed E-state index contributed by atoms with van der Waals surface area (Å²) in [7, 11) is 3.90. The zero-order chi connectivity index (χ0) is 43.0. The van der Waals surface area contributed by atoms with Gasteiger partial charge in [-0.05, 0) is 96.0 Å². The number of nitrogens with zero attached hydrogens (tertiary/aromatic N) is 3. The van der Waals surface area contributed by atoms with Crippen molar-refractivity contribution in [3.8, 4) is 0 Å². The molecule has 5 N–H and O–H groups in total. The van der Waals surface area contributed by atoms with Crippen molar-refractivity contribution in [3.63, 3.8) is 0 Å². The zero-order valence-electron chi connectivity index (χ0n) is 37.2. The molecule has 1 saturated heterocycles. The Hall–Kier alpha value is -3.10. The molecule has 2 amide bonds. The van der Waals surface area contributed by atoms with E-state index in [1.54, 1.807) is 19.2 Å². The van der Waals surface area contributed by atoms with E-state index in [2.05, 4.69) is 55.5 Å². The lowest BCUT2D eigenvalue weighted by Gasteiger charge is -2.42. The number of carbonyl (C=O) groups excluding carboxylic acids is 2. The molecule has 0 spiro atoms. The molecule has 7 atom stereocenters. The number of aliphatic hydroxyl groups is 1. The first kappa shape index (κ1) is 49.3. The first-order valence-corrected chi connectivity index (χ1v) is 22.8. The molecule has 1 aromatic carbocycles. The van der Waals surface area contributed by atoms with Gasteiger partial charge in [-0.15, -0.1) is 11.3 Å². The summed E-state index contributed by atoms with van der Waals surface area (Å²) in [6, 6.07) is 6.64. The van der Waals surface area contributed by atoms with Gasteiger partial charge in [-0.25, -0.2) is 4.98 Å². The van der Waals surface area contributed by atoms with Gasteiger partial charge in [-0.1, -0.05) is 78.9 Å². The molecule has 0 saturated carbocycles. The lowest BCUT2D eigenvalue weighted by atomic mass is 9.84. The van der Waals surface area contributed by atoms with E-state index in [-0.39, 0.29) is 47.8 Å². The predicted octanol–water partition coefficient (Wildman–Crippen LogP) is 7.74. The number of anilines is 1. The minimum Gasteiger partial charge on any atom is -0.481 e. The van der Waals surface area contributed by atoms with Gasteiger partial charge in [0.2, 0.25) is 5.91 Å². The Balaban J connectivity index is 1.90. The maximum absolute atomic E-state index is 14.9. The van der Waals surface area contributed by atoms with Crippen LogP contribution in [0.25, 0.3) is 0 Å². The van der Waals surface area contributed by atoms with Crippen molar-refractivity contribution in [2.45, 2.75) is 163 Å². The Bertz CT molecular complexity index is 1540. The van der Waals surface area contributed by atoms with Crippen LogP contribution in [0.1, 0.15) is 147 Å². The lowest BCUT2D eigenvalue weighted by molar-refractivity contribution is -0.147. The fourth-order valence-electron chi connectivity index (χ4n) is 8.03. The lowest BCUT2D eigenvalue weighted by Crippen LogP contribution is -2.60. The Labute approximate surface area is 353 Å². The van der Waals surface area contributed by atoms with Crippen molar-refractivity contribution in [1.29, 1.82) is 0 Å². The molecule has 0 aliphatic carbocycles. The van der Waals surface area contributed by atoms with Crippen LogP contribution in [-0.4, -0.2) is 107 Å². The van der Waals surface area contributed by atoms with E-state index in [4.69, 9.17) is 9.72 Å². The second-order valence-electron chi connectivity index (χ2n) is 17.4. The quantitative estimate of drug-likeness (QED) is 0.0470. The molecule has 0 radical (unpaired) electrons. The molecule has 1 unspecified atom stereocenters. The van der Waals surface area contributed by atoms with Crippen molar-refractivity contribution in [3.05, 3.63) is 45.9 Å². The number of aliphatic carboxylic acids is 1. The monoisotopic (exact) mass is 829 g/mol. The minimum atomic E-state index is -1.06. The van der Waals surface area contributed by atoms with Crippen LogP contribution in [0.5, 0.6) is 0 Å². The molecule has 0 bridgehead atoms. The third-order valence-corrected chi connectivity index (χ3v) is 12.9. The van der Waals surface area contributed by atoms with E-state index >= 15 is 0 Å². The fraction of sp³-hybridized carbons (Fsp3) is 0.733. The van der Waals surface area contributed by atoms with Gasteiger partial charge in [0.25, 0.3) is 5.91 Å². The molecule has 13 heteroatoms. The fourth-order valence-corrected chi connectivity index (χ4v) is 8.88. The molecular weight excluding hydrogens is 753 g/mol. The predicted molar refractivity (Wildman–Crippen MR) is 235 cm³/mol. The smallest absolute Gasteiger partial charge is 0.309 e.